The molecule has 0 bridgehead atoms. The quantitative estimate of drug-likeness (QED) is 0.893. The zero-order valence-electron chi connectivity index (χ0n) is 10.4. The Bertz CT molecular complexity index is 620. The molecule has 1 heterocycles. The zero-order chi connectivity index (χ0) is 13.1. The molecule has 1 N–H and O–H groups in total. The van der Waals surface area contributed by atoms with Crippen LogP contribution in [0.4, 0.5) is 0 Å². The number of fused-ring (bicyclic) bond motifs is 1. The minimum Gasteiger partial charge on any atom is -0.345 e. The smallest absolute Gasteiger partial charge is 0.253 e. The summed E-state index contributed by atoms with van der Waals surface area (Å²) >= 11 is 0. The van der Waals surface area contributed by atoms with Crippen LogP contribution < -0.4 is 5.32 Å². The minimum absolute atomic E-state index is 0.0464. The monoisotopic (exact) mass is 242 g/mol. The lowest BCUT2D eigenvalue weighted by Gasteiger charge is -2.04. The molecule has 1 aromatic carbocycles. The predicted octanol–water partition coefficient (Wildman–Crippen LogP) is 1.86. The van der Waals surface area contributed by atoms with E-state index in [-0.39, 0.29) is 18.2 Å². The molecule has 4 nitrogen and oxygen atoms in total. The SMILES string of the molecule is CC(=O)CNC(=O)c1cnc2cc(C)ccc2c1. The van der Waals surface area contributed by atoms with E-state index >= 15 is 0 Å². The lowest BCUT2D eigenvalue weighted by Crippen LogP contribution is -2.28. The van der Waals surface area contributed by atoms with Gasteiger partial charge >= 0.3 is 0 Å². The normalized spacial score (nSPS) is 10.3. The summed E-state index contributed by atoms with van der Waals surface area (Å²) in [7, 11) is 0. The number of Topliss-reactive ketones (excluding diaryl/α,β-unsaturated/α-hetero) is 1. The third-order valence-corrected chi connectivity index (χ3v) is 2.60. The van der Waals surface area contributed by atoms with Gasteiger partial charge in [0, 0.05) is 11.6 Å². The van der Waals surface area contributed by atoms with Gasteiger partial charge in [0.05, 0.1) is 17.6 Å². The van der Waals surface area contributed by atoms with Crippen molar-refractivity contribution < 1.29 is 9.59 Å². The molecule has 0 spiro atoms. The fourth-order valence-electron chi connectivity index (χ4n) is 1.66. The van der Waals surface area contributed by atoms with E-state index in [2.05, 4.69) is 10.3 Å². The van der Waals surface area contributed by atoms with Crippen molar-refractivity contribution in [3.63, 3.8) is 0 Å². The highest BCUT2D eigenvalue weighted by molar-refractivity contribution is 5.98. The average molecular weight is 242 g/mol. The predicted molar refractivity (Wildman–Crippen MR) is 69.5 cm³/mol. The summed E-state index contributed by atoms with van der Waals surface area (Å²) in [5, 5.41) is 3.46. The van der Waals surface area contributed by atoms with Crippen LogP contribution >= 0.6 is 0 Å². The highest BCUT2D eigenvalue weighted by atomic mass is 16.2. The van der Waals surface area contributed by atoms with Crippen LogP contribution in [0.25, 0.3) is 10.9 Å². The molecule has 0 unspecified atom stereocenters. The van der Waals surface area contributed by atoms with Crippen molar-refractivity contribution in [3.8, 4) is 0 Å². The first-order valence-corrected chi connectivity index (χ1v) is 5.70. The van der Waals surface area contributed by atoms with Crippen molar-refractivity contribution in [2.24, 2.45) is 0 Å². The fraction of sp³-hybridized carbons (Fsp3) is 0.214. The van der Waals surface area contributed by atoms with Gasteiger partial charge in [-0.3, -0.25) is 14.6 Å². The molecule has 4 heteroatoms. The third-order valence-electron chi connectivity index (χ3n) is 2.60. The van der Waals surface area contributed by atoms with Crippen LogP contribution in [-0.2, 0) is 4.79 Å². The number of ketones is 1. The number of rotatable bonds is 3. The van der Waals surface area contributed by atoms with Crippen LogP contribution in [0.2, 0.25) is 0 Å². The van der Waals surface area contributed by atoms with E-state index in [1.807, 2.05) is 25.1 Å². The van der Waals surface area contributed by atoms with Gasteiger partial charge in [0.25, 0.3) is 5.91 Å². The molecule has 2 rings (SSSR count). The Morgan fingerprint density at radius 3 is 2.78 bits per heavy atom. The Hall–Kier alpha value is -2.23. The van der Waals surface area contributed by atoms with Crippen molar-refractivity contribution in [1.82, 2.24) is 10.3 Å². The number of carbonyl (C=O) groups is 2. The number of amides is 1. The Morgan fingerprint density at radius 1 is 1.28 bits per heavy atom. The van der Waals surface area contributed by atoms with Crippen molar-refractivity contribution in [2.45, 2.75) is 13.8 Å². The summed E-state index contributed by atoms with van der Waals surface area (Å²) in [4.78, 5) is 26.8. The molecular formula is C14H14N2O2. The molecule has 1 amide bonds. The summed E-state index contributed by atoms with van der Waals surface area (Å²) in [6.45, 7) is 3.47. The molecular weight excluding hydrogens is 228 g/mol. The summed E-state index contributed by atoms with van der Waals surface area (Å²) in [5.41, 5.74) is 2.45. The maximum atomic E-state index is 11.8. The van der Waals surface area contributed by atoms with Gasteiger partial charge in [-0.05, 0) is 31.5 Å². The summed E-state index contributed by atoms with van der Waals surface area (Å²) in [6.07, 6.45) is 1.53. The van der Waals surface area contributed by atoms with Gasteiger partial charge in [0.15, 0.2) is 0 Å². The average Bonchev–Trinajstić information content (AvgIpc) is 2.35. The van der Waals surface area contributed by atoms with Gasteiger partial charge in [-0.2, -0.15) is 0 Å². The van der Waals surface area contributed by atoms with E-state index < -0.39 is 0 Å². The first-order valence-electron chi connectivity index (χ1n) is 5.70. The van der Waals surface area contributed by atoms with E-state index in [1.54, 1.807) is 6.07 Å². The lowest BCUT2D eigenvalue weighted by atomic mass is 10.1. The standard InChI is InChI=1S/C14H14N2O2/c1-9-3-4-11-6-12(8-15-13(11)5-9)14(18)16-7-10(2)17/h3-6,8H,7H2,1-2H3,(H,16,18). The number of aryl methyl sites for hydroxylation is 1. The second-order valence-electron chi connectivity index (χ2n) is 4.30. The van der Waals surface area contributed by atoms with Crippen LogP contribution in [0, 0.1) is 6.92 Å². The topological polar surface area (TPSA) is 59.1 Å². The summed E-state index contributed by atoms with van der Waals surface area (Å²) in [5.74, 6) is -0.354. The van der Waals surface area contributed by atoms with Crippen molar-refractivity contribution in [2.75, 3.05) is 6.54 Å². The molecule has 0 radical (unpaired) electrons. The molecule has 0 fully saturated rings. The highest BCUT2D eigenvalue weighted by Crippen LogP contribution is 2.14. The second-order valence-corrected chi connectivity index (χ2v) is 4.30. The summed E-state index contributed by atoms with van der Waals surface area (Å²) in [6, 6.07) is 7.64. The molecule has 0 saturated carbocycles. The third kappa shape index (κ3) is 2.71. The molecule has 0 atom stereocenters. The number of carbonyl (C=O) groups excluding carboxylic acids is 2. The molecule has 2 aromatic rings. The lowest BCUT2D eigenvalue weighted by molar-refractivity contribution is -0.116. The second kappa shape index (κ2) is 4.96. The van der Waals surface area contributed by atoms with Crippen LogP contribution in [0.5, 0.6) is 0 Å². The number of pyridine rings is 1. The number of aromatic nitrogens is 1. The molecule has 0 saturated heterocycles. The van der Waals surface area contributed by atoms with E-state index in [1.165, 1.54) is 13.1 Å². The van der Waals surface area contributed by atoms with Crippen LogP contribution in [0.3, 0.4) is 0 Å². The Labute approximate surface area is 105 Å². The van der Waals surface area contributed by atoms with Gasteiger partial charge in [-0.15, -0.1) is 0 Å². The van der Waals surface area contributed by atoms with E-state index in [0.29, 0.717) is 5.56 Å². The van der Waals surface area contributed by atoms with Crippen molar-refractivity contribution >= 4 is 22.6 Å². The fourth-order valence-corrected chi connectivity index (χ4v) is 1.66. The Balaban J connectivity index is 2.27. The zero-order valence-corrected chi connectivity index (χ0v) is 10.4. The molecule has 0 aliphatic rings. The Kier molecular flexibility index (Phi) is 3.37. The summed E-state index contributed by atoms with van der Waals surface area (Å²) < 4.78 is 0. The van der Waals surface area contributed by atoms with Gasteiger partial charge in [-0.1, -0.05) is 12.1 Å². The van der Waals surface area contributed by atoms with Crippen LogP contribution in [0.15, 0.2) is 30.5 Å². The molecule has 18 heavy (non-hydrogen) atoms. The largest absolute Gasteiger partial charge is 0.345 e. The van der Waals surface area contributed by atoms with E-state index in [4.69, 9.17) is 0 Å². The first kappa shape index (κ1) is 12.2. The van der Waals surface area contributed by atoms with Gasteiger partial charge in [-0.25, -0.2) is 0 Å². The van der Waals surface area contributed by atoms with Crippen LogP contribution in [-0.4, -0.2) is 23.2 Å². The number of hydrogen-bond acceptors (Lipinski definition) is 3. The molecule has 0 aliphatic heterocycles. The van der Waals surface area contributed by atoms with Gasteiger partial charge in [0.1, 0.15) is 5.78 Å². The van der Waals surface area contributed by atoms with E-state index in [0.717, 1.165) is 16.5 Å². The van der Waals surface area contributed by atoms with Crippen molar-refractivity contribution in [3.05, 3.63) is 41.6 Å². The van der Waals surface area contributed by atoms with Crippen molar-refractivity contribution in [1.29, 1.82) is 0 Å². The molecule has 1 aromatic heterocycles. The van der Waals surface area contributed by atoms with Crippen LogP contribution in [0.1, 0.15) is 22.8 Å². The Morgan fingerprint density at radius 2 is 2.06 bits per heavy atom. The molecule has 92 valence electrons. The van der Waals surface area contributed by atoms with Gasteiger partial charge < -0.3 is 5.32 Å². The highest BCUT2D eigenvalue weighted by Gasteiger charge is 2.07. The number of nitrogens with one attached hydrogen (secondary N) is 1. The number of nitrogens with zero attached hydrogens (tertiary/aromatic N) is 1. The maximum absolute atomic E-state index is 11.8. The number of benzene rings is 1. The number of hydrogen-bond donors (Lipinski definition) is 1. The maximum Gasteiger partial charge on any atom is 0.253 e. The van der Waals surface area contributed by atoms with E-state index in [9.17, 15) is 9.59 Å². The first-order chi connectivity index (χ1) is 8.56. The van der Waals surface area contributed by atoms with Gasteiger partial charge in [0.2, 0.25) is 0 Å². The molecule has 0 aliphatic carbocycles. The minimum atomic E-state index is -0.278.